The average Bonchev–Trinajstić information content (AvgIpc) is 3.29. The SMILES string of the molecule is CCCC(=O)OC1OC(=O)c2ccc(S(=O)(=O)c3ccc4c(c3)C(OC(=O)CCC)OC4=O)cc21. The van der Waals surface area contributed by atoms with Crippen molar-refractivity contribution < 1.29 is 46.5 Å². The van der Waals surface area contributed by atoms with Crippen LogP contribution in [0.1, 0.15) is 84.0 Å². The molecular weight excluding hydrogens is 480 g/mol. The smallest absolute Gasteiger partial charge is 0.342 e. The Morgan fingerprint density at radius 3 is 1.54 bits per heavy atom. The predicted octanol–water partition coefficient (Wildman–Crippen LogP) is 3.54. The summed E-state index contributed by atoms with van der Waals surface area (Å²) in [5, 5.41) is 0. The fraction of sp³-hybridized carbons (Fsp3) is 0.333. The number of carbonyl (C=O) groups is 4. The highest BCUT2D eigenvalue weighted by atomic mass is 32.2. The van der Waals surface area contributed by atoms with E-state index in [4.69, 9.17) is 18.9 Å². The molecule has 2 atom stereocenters. The molecule has 0 aliphatic carbocycles. The van der Waals surface area contributed by atoms with E-state index >= 15 is 0 Å². The molecule has 0 bridgehead atoms. The molecule has 0 spiro atoms. The molecule has 2 unspecified atom stereocenters. The van der Waals surface area contributed by atoms with Gasteiger partial charge >= 0.3 is 23.9 Å². The van der Waals surface area contributed by atoms with Gasteiger partial charge in [-0.2, -0.15) is 0 Å². The maximum absolute atomic E-state index is 13.4. The van der Waals surface area contributed by atoms with Crippen LogP contribution in [0.2, 0.25) is 0 Å². The molecule has 0 radical (unpaired) electrons. The molecule has 4 rings (SSSR count). The first-order valence-electron chi connectivity index (χ1n) is 11.0. The first-order chi connectivity index (χ1) is 16.6. The van der Waals surface area contributed by atoms with Gasteiger partial charge in [0.2, 0.25) is 9.84 Å². The van der Waals surface area contributed by atoms with Gasteiger partial charge in [0.25, 0.3) is 12.6 Å². The number of hydrogen-bond donors (Lipinski definition) is 0. The molecule has 2 aromatic carbocycles. The first kappa shape index (κ1) is 24.4. The van der Waals surface area contributed by atoms with E-state index in [9.17, 15) is 27.6 Å². The minimum Gasteiger partial charge on any atom is -0.421 e. The number of sulfone groups is 1. The van der Waals surface area contributed by atoms with Gasteiger partial charge in [0.15, 0.2) is 0 Å². The lowest BCUT2D eigenvalue weighted by Gasteiger charge is -2.14. The van der Waals surface area contributed by atoms with Crippen molar-refractivity contribution in [3.05, 3.63) is 58.7 Å². The van der Waals surface area contributed by atoms with Gasteiger partial charge in [-0.05, 0) is 49.2 Å². The molecule has 0 saturated heterocycles. The fourth-order valence-electron chi connectivity index (χ4n) is 3.70. The van der Waals surface area contributed by atoms with Crippen LogP contribution < -0.4 is 0 Å². The predicted molar refractivity (Wildman–Crippen MR) is 117 cm³/mol. The molecule has 2 heterocycles. The number of cyclic esters (lactones) is 2. The minimum absolute atomic E-state index is 0.0918. The van der Waals surface area contributed by atoms with E-state index in [1.54, 1.807) is 13.8 Å². The zero-order valence-electron chi connectivity index (χ0n) is 18.9. The highest BCUT2D eigenvalue weighted by Gasteiger charge is 2.37. The van der Waals surface area contributed by atoms with E-state index in [2.05, 4.69) is 0 Å². The summed E-state index contributed by atoms with van der Waals surface area (Å²) in [7, 11) is -4.16. The number of fused-ring (bicyclic) bond motifs is 2. The standard InChI is InChI=1S/C24H22O10S/c1-3-5-19(25)31-23-17-11-13(7-9-15(17)21(27)33-23)35(29,30)14-8-10-16-18(12-14)24(34-22(16)28)32-20(26)6-4-2/h7-12,23-24H,3-6H2,1-2H3. The Kier molecular flexibility index (Phi) is 6.62. The Labute approximate surface area is 201 Å². The van der Waals surface area contributed by atoms with Gasteiger partial charge in [0, 0.05) is 24.0 Å². The molecule has 0 fully saturated rings. The molecule has 2 aliphatic heterocycles. The molecule has 2 aromatic rings. The monoisotopic (exact) mass is 502 g/mol. The third kappa shape index (κ3) is 4.63. The van der Waals surface area contributed by atoms with Crippen LogP contribution in [0, 0.1) is 0 Å². The van der Waals surface area contributed by atoms with Crippen LogP contribution in [0.15, 0.2) is 46.2 Å². The Morgan fingerprint density at radius 2 is 1.17 bits per heavy atom. The second-order valence-electron chi connectivity index (χ2n) is 7.96. The minimum atomic E-state index is -4.16. The first-order valence-corrected chi connectivity index (χ1v) is 12.5. The lowest BCUT2D eigenvalue weighted by Crippen LogP contribution is -2.12. The molecule has 35 heavy (non-hydrogen) atoms. The zero-order chi connectivity index (χ0) is 25.3. The number of esters is 4. The summed E-state index contributed by atoms with van der Waals surface area (Å²) in [5.74, 6) is -2.64. The fourth-order valence-corrected chi connectivity index (χ4v) is 5.03. The van der Waals surface area contributed by atoms with E-state index < -0.39 is 46.3 Å². The van der Waals surface area contributed by atoms with Crippen LogP contribution in [0.25, 0.3) is 0 Å². The topological polar surface area (TPSA) is 139 Å². The summed E-state index contributed by atoms with van der Waals surface area (Å²) >= 11 is 0. The maximum atomic E-state index is 13.4. The van der Waals surface area contributed by atoms with E-state index in [0.29, 0.717) is 12.8 Å². The number of benzene rings is 2. The Bertz CT molecular complexity index is 1230. The van der Waals surface area contributed by atoms with Gasteiger partial charge < -0.3 is 18.9 Å². The van der Waals surface area contributed by atoms with Gasteiger partial charge in [0.05, 0.1) is 20.9 Å². The van der Waals surface area contributed by atoms with Gasteiger partial charge in [-0.1, -0.05) is 13.8 Å². The highest BCUT2D eigenvalue weighted by Crippen LogP contribution is 2.37. The molecule has 10 nitrogen and oxygen atoms in total. The van der Waals surface area contributed by atoms with Crippen molar-refractivity contribution in [3.63, 3.8) is 0 Å². The average molecular weight is 502 g/mol. The molecule has 2 aliphatic rings. The van der Waals surface area contributed by atoms with Crippen molar-refractivity contribution in [2.45, 2.75) is 61.9 Å². The molecular formula is C24H22O10S. The Balaban J connectivity index is 1.67. The van der Waals surface area contributed by atoms with Gasteiger partial charge in [-0.15, -0.1) is 0 Å². The van der Waals surface area contributed by atoms with Crippen LogP contribution in [0.4, 0.5) is 0 Å². The van der Waals surface area contributed by atoms with Crippen LogP contribution in [0.5, 0.6) is 0 Å². The summed E-state index contributed by atoms with van der Waals surface area (Å²) < 4.78 is 47.3. The van der Waals surface area contributed by atoms with Crippen molar-refractivity contribution in [1.29, 1.82) is 0 Å². The van der Waals surface area contributed by atoms with E-state index in [-0.39, 0.29) is 44.9 Å². The number of carbonyl (C=O) groups excluding carboxylic acids is 4. The maximum Gasteiger partial charge on any atom is 0.342 e. The molecule has 184 valence electrons. The Hall–Kier alpha value is -3.73. The van der Waals surface area contributed by atoms with Crippen molar-refractivity contribution in [2.75, 3.05) is 0 Å². The molecule has 11 heteroatoms. The normalized spacial score (nSPS) is 18.3. The summed E-state index contributed by atoms with van der Waals surface area (Å²) in [6.07, 6.45) is -1.41. The van der Waals surface area contributed by atoms with Crippen molar-refractivity contribution in [1.82, 2.24) is 0 Å². The highest BCUT2D eigenvalue weighted by molar-refractivity contribution is 7.91. The third-order valence-corrected chi connectivity index (χ3v) is 7.18. The largest absolute Gasteiger partial charge is 0.421 e. The van der Waals surface area contributed by atoms with Crippen LogP contribution in [-0.2, 0) is 38.4 Å². The lowest BCUT2D eigenvalue weighted by molar-refractivity contribution is -0.169. The van der Waals surface area contributed by atoms with Gasteiger partial charge in [0.1, 0.15) is 0 Å². The number of rotatable bonds is 8. The van der Waals surface area contributed by atoms with Crippen molar-refractivity contribution in [3.8, 4) is 0 Å². The second-order valence-corrected chi connectivity index (χ2v) is 9.91. The van der Waals surface area contributed by atoms with E-state index in [1.807, 2.05) is 0 Å². The lowest BCUT2D eigenvalue weighted by atomic mass is 10.1. The van der Waals surface area contributed by atoms with Crippen LogP contribution >= 0.6 is 0 Å². The molecule has 0 N–H and O–H groups in total. The van der Waals surface area contributed by atoms with Crippen LogP contribution in [0.3, 0.4) is 0 Å². The summed E-state index contributed by atoms with van der Waals surface area (Å²) in [6.45, 7) is 3.57. The summed E-state index contributed by atoms with van der Waals surface area (Å²) in [4.78, 5) is 47.7. The van der Waals surface area contributed by atoms with E-state index in [1.165, 1.54) is 36.4 Å². The van der Waals surface area contributed by atoms with Crippen molar-refractivity contribution in [2.24, 2.45) is 0 Å². The summed E-state index contributed by atoms with van der Waals surface area (Å²) in [5.41, 5.74) is 0.418. The third-order valence-electron chi connectivity index (χ3n) is 5.43. The summed E-state index contributed by atoms with van der Waals surface area (Å²) in [6, 6.07) is 7.47. The Morgan fingerprint density at radius 1 is 0.771 bits per heavy atom. The molecule has 0 aromatic heterocycles. The van der Waals surface area contributed by atoms with Crippen LogP contribution in [-0.4, -0.2) is 32.3 Å². The quantitative estimate of drug-likeness (QED) is 0.492. The zero-order valence-corrected chi connectivity index (χ0v) is 19.8. The number of hydrogen-bond acceptors (Lipinski definition) is 10. The van der Waals surface area contributed by atoms with E-state index in [0.717, 1.165) is 0 Å². The number of ether oxygens (including phenoxy) is 4. The van der Waals surface area contributed by atoms with Gasteiger partial charge in [-0.25, -0.2) is 18.0 Å². The van der Waals surface area contributed by atoms with Gasteiger partial charge in [-0.3, -0.25) is 9.59 Å². The molecule has 0 amide bonds. The second kappa shape index (κ2) is 9.49. The molecule has 0 saturated carbocycles. The van der Waals surface area contributed by atoms with Crippen molar-refractivity contribution >= 4 is 33.7 Å².